The molecular formula is C15H25N5. The largest absolute Gasteiger partial charge is 0.383 e. The number of aromatic nitrogens is 3. The first-order valence-corrected chi connectivity index (χ1v) is 7.38. The molecule has 0 spiro atoms. The van der Waals surface area contributed by atoms with Gasteiger partial charge in [0, 0.05) is 12.2 Å². The van der Waals surface area contributed by atoms with E-state index in [4.69, 9.17) is 5.73 Å². The third-order valence-corrected chi connectivity index (χ3v) is 4.19. The third-order valence-electron chi connectivity index (χ3n) is 4.19. The zero-order valence-electron chi connectivity index (χ0n) is 13.0. The molecule has 0 bridgehead atoms. The summed E-state index contributed by atoms with van der Waals surface area (Å²) in [5, 5.41) is 1.01. The summed E-state index contributed by atoms with van der Waals surface area (Å²) in [6.45, 7) is 12.9. The summed E-state index contributed by atoms with van der Waals surface area (Å²) in [5.74, 6) is 0.582. The topological polar surface area (TPSA) is 60.0 Å². The van der Waals surface area contributed by atoms with E-state index < -0.39 is 0 Å². The standard InChI is InChI=1S/C15H25N5/c1-5-19(6-2)8-7-9-20-12(4)11(3)13-14(16)17-10-18-15(13)20/h10H,5-9H2,1-4H3,(H2,16,17,18). The summed E-state index contributed by atoms with van der Waals surface area (Å²) in [6, 6.07) is 0. The van der Waals surface area contributed by atoms with Crippen LogP contribution in [0.15, 0.2) is 6.33 Å². The molecule has 0 saturated carbocycles. The van der Waals surface area contributed by atoms with Crippen molar-refractivity contribution in [2.75, 3.05) is 25.4 Å². The second kappa shape index (κ2) is 6.22. The van der Waals surface area contributed by atoms with E-state index in [1.165, 1.54) is 11.3 Å². The van der Waals surface area contributed by atoms with Crippen LogP contribution in [0.25, 0.3) is 11.0 Å². The van der Waals surface area contributed by atoms with E-state index in [9.17, 15) is 0 Å². The van der Waals surface area contributed by atoms with Crippen molar-refractivity contribution in [2.24, 2.45) is 0 Å². The normalized spacial score (nSPS) is 11.7. The third kappa shape index (κ3) is 2.63. The fourth-order valence-corrected chi connectivity index (χ4v) is 2.76. The lowest BCUT2D eigenvalue weighted by atomic mass is 10.2. The molecule has 0 saturated heterocycles. The minimum Gasteiger partial charge on any atom is -0.383 e. The van der Waals surface area contributed by atoms with E-state index in [0.29, 0.717) is 5.82 Å². The molecule has 2 N–H and O–H groups in total. The lowest BCUT2D eigenvalue weighted by molar-refractivity contribution is 0.293. The Labute approximate surface area is 120 Å². The van der Waals surface area contributed by atoms with E-state index in [1.54, 1.807) is 6.33 Å². The maximum Gasteiger partial charge on any atom is 0.145 e. The number of hydrogen-bond acceptors (Lipinski definition) is 4. The molecule has 0 fully saturated rings. The lowest BCUT2D eigenvalue weighted by Crippen LogP contribution is -2.25. The molecule has 5 heteroatoms. The fourth-order valence-electron chi connectivity index (χ4n) is 2.76. The highest BCUT2D eigenvalue weighted by Crippen LogP contribution is 2.26. The van der Waals surface area contributed by atoms with Crippen LogP contribution in [0.5, 0.6) is 0 Å². The Morgan fingerprint density at radius 1 is 1.20 bits per heavy atom. The van der Waals surface area contributed by atoms with E-state index >= 15 is 0 Å². The Morgan fingerprint density at radius 3 is 2.55 bits per heavy atom. The molecule has 0 aliphatic heterocycles. The summed E-state index contributed by atoms with van der Waals surface area (Å²) in [6.07, 6.45) is 2.67. The van der Waals surface area contributed by atoms with E-state index in [-0.39, 0.29) is 0 Å². The zero-order valence-corrected chi connectivity index (χ0v) is 13.0. The first kappa shape index (κ1) is 14.8. The Morgan fingerprint density at radius 2 is 1.90 bits per heavy atom. The van der Waals surface area contributed by atoms with Gasteiger partial charge in [-0.15, -0.1) is 0 Å². The average Bonchev–Trinajstić information content (AvgIpc) is 2.69. The van der Waals surface area contributed by atoms with Gasteiger partial charge in [-0.2, -0.15) is 0 Å². The van der Waals surface area contributed by atoms with Crippen LogP contribution in [0.3, 0.4) is 0 Å². The van der Waals surface area contributed by atoms with Gasteiger partial charge < -0.3 is 15.2 Å². The second-order valence-corrected chi connectivity index (χ2v) is 5.20. The number of fused-ring (bicyclic) bond motifs is 1. The fraction of sp³-hybridized carbons (Fsp3) is 0.600. The first-order chi connectivity index (χ1) is 9.60. The Hall–Kier alpha value is -1.62. The van der Waals surface area contributed by atoms with Gasteiger partial charge in [0.05, 0.1) is 5.39 Å². The van der Waals surface area contributed by atoms with Crippen molar-refractivity contribution in [3.8, 4) is 0 Å². The van der Waals surface area contributed by atoms with E-state index in [1.807, 2.05) is 0 Å². The van der Waals surface area contributed by atoms with Gasteiger partial charge >= 0.3 is 0 Å². The van der Waals surface area contributed by atoms with Gasteiger partial charge in [0.25, 0.3) is 0 Å². The molecule has 2 heterocycles. The SMILES string of the molecule is CCN(CC)CCCn1c(C)c(C)c2c(N)ncnc21. The molecule has 110 valence electrons. The van der Waals surface area contributed by atoms with E-state index in [0.717, 1.165) is 43.6 Å². The summed E-state index contributed by atoms with van der Waals surface area (Å²) in [7, 11) is 0. The van der Waals surface area contributed by atoms with Gasteiger partial charge in [-0.25, -0.2) is 9.97 Å². The summed E-state index contributed by atoms with van der Waals surface area (Å²) >= 11 is 0. The predicted molar refractivity (Wildman–Crippen MR) is 83.8 cm³/mol. The smallest absolute Gasteiger partial charge is 0.145 e. The molecule has 0 radical (unpaired) electrons. The number of nitrogens with two attached hydrogens (primary N) is 1. The highest BCUT2D eigenvalue weighted by molar-refractivity contribution is 5.90. The second-order valence-electron chi connectivity index (χ2n) is 5.20. The predicted octanol–water partition coefficient (Wildman–Crippen LogP) is 2.36. The number of aryl methyl sites for hydroxylation is 2. The van der Waals surface area contributed by atoms with Crippen molar-refractivity contribution < 1.29 is 0 Å². The summed E-state index contributed by atoms with van der Waals surface area (Å²) in [4.78, 5) is 11.0. The first-order valence-electron chi connectivity index (χ1n) is 7.38. The molecule has 5 nitrogen and oxygen atoms in total. The Bertz CT molecular complexity index is 583. The highest BCUT2D eigenvalue weighted by atomic mass is 15.1. The van der Waals surface area contributed by atoms with Crippen molar-refractivity contribution in [2.45, 2.75) is 40.7 Å². The molecule has 0 amide bonds. The maximum absolute atomic E-state index is 5.99. The van der Waals surface area contributed by atoms with Gasteiger partial charge in [0.1, 0.15) is 17.8 Å². The van der Waals surface area contributed by atoms with Crippen molar-refractivity contribution in [3.63, 3.8) is 0 Å². The van der Waals surface area contributed by atoms with E-state index in [2.05, 4.69) is 47.1 Å². The van der Waals surface area contributed by atoms with Crippen LogP contribution in [0.4, 0.5) is 5.82 Å². The molecule has 0 aliphatic carbocycles. The lowest BCUT2D eigenvalue weighted by Gasteiger charge is -2.18. The molecule has 2 aromatic rings. The van der Waals surface area contributed by atoms with Crippen LogP contribution < -0.4 is 5.73 Å². The molecule has 0 aliphatic rings. The summed E-state index contributed by atoms with van der Waals surface area (Å²) in [5.41, 5.74) is 9.39. The Kier molecular flexibility index (Phi) is 4.60. The van der Waals surface area contributed by atoms with Crippen LogP contribution in [0.2, 0.25) is 0 Å². The molecule has 0 atom stereocenters. The maximum atomic E-state index is 5.99. The summed E-state index contributed by atoms with van der Waals surface area (Å²) < 4.78 is 2.27. The number of rotatable bonds is 6. The molecule has 0 aromatic carbocycles. The van der Waals surface area contributed by atoms with Crippen LogP contribution in [0, 0.1) is 13.8 Å². The van der Waals surface area contributed by atoms with Gasteiger partial charge in [0.2, 0.25) is 0 Å². The minimum atomic E-state index is 0.582. The number of hydrogen-bond donors (Lipinski definition) is 1. The Balaban J connectivity index is 2.22. The molecule has 2 rings (SSSR count). The van der Waals surface area contributed by atoms with Crippen molar-refractivity contribution in [1.82, 2.24) is 19.4 Å². The number of nitrogens with zero attached hydrogens (tertiary/aromatic N) is 4. The highest BCUT2D eigenvalue weighted by Gasteiger charge is 2.14. The molecule has 0 unspecified atom stereocenters. The van der Waals surface area contributed by atoms with Gasteiger partial charge in [0.15, 0.2) is 0 Å². The molecule has 20 heavy (non-hydrogen) atoms. The minimum absolute atomic E-state index is 0.582. The van der Waals surface area contributed by atoms with Crippen LogP contribution in [0.1, 0.15) is 31.5 Å². The van der Waals surface area contributed by atoms with Gasteiger partial charge in [-0.05, 0) is 45.5 Å². The monoisotopic (exact) mass is 275 g/mol. The van der Waals surface area contributed by atoms with Crippen LogP contribution in [-0.2, 0) is 6.54 Å². The van der Waals surface area contributed by atoms with Crippen molar-refractivity contribution >= 4 is 16.9 Å². The van der Waals surface area contributed by atoms with Crippen LogP contribution >= 0.6 is 0 Å². The molecule has 2 aromatic heterocycles. The van der Waals surface area contributed by atoms with Crippen LogP contribution in [-0.4, -0.2) is 39.1 Å². The molecular weight excluding hydrogens is 250 g/mol. The quantitative estimate of drug-likeness (QED) is 0.879. The van der Waals surface area contributed by atoms with Gasteiger partial charge in [-0.3, -0.25) is 0 Å². The van der Waals surface area contributed by atoms with Crippen molar-refractivity contribution in [3.05, 3.63) is 17.6 Å². The zero-order chi connectivity index (χ0) is 14.7. The average molecular weight is 275 g/mol. The number of nitrogen functional groups attached to an aromatic ring is 1. The van der Waals surface area contributed by atoms with Gasteiger partial charge in [-0.1, -0.05) is 13.8 Å². The number of anilines is 1. The van der Waals surface area contributed by atoms with Crippen molar-refractivity contribution in [1.29, 1.82) is 0 Å².